The van der Waals surface area contributed by atoms with Gasteiger partial charge in [-0.2, -0.15) is 0 Å². The van der Waals surface area contributed by atoms with Crippen molar-refractivity contribution in [1.29, 1.82) is 0 Å². The summed E-state index contributed by atoms with van der Waals surface area (Å²) in [5, 5.41) is 3.40. The average Bonchev–Trinajstić information content (AvgIpc) is 2.35. The maximum atomic E-state index is 5.09. The Morgan fingerprint density at radius 1 is 1.25 bits per heavy atom. The minimum Gasteiger partial charge on any atom is -0.385 e. The SMILES string of the molecule is CNC(CCCOC)C(C)c1ccccc1. The Kier molecular flexibility index (Phi) is 6.12. The summed E-state index contributed by atoms with van der Waals surface area (Å²) in [5.41, 5.74) is 1.40. The molecule has 0 bridgehead atoms. The van der Waals surface area contributed by atoms with Crippen molar-refractivity contribution in [1.82, 2.24) is 5.32 Å². The molecule has 1 rings (SSSR count). The molecular formula is C14H23NO. The van der Waals surface area contributed by atoms with Crippen LogP contribution in [0.4, 0.5) is 0 Å². The van der Waals surface area contributed by atoms with E-state index in [1.807, 2.05) is 7.05 Å². The molecule has 0 amide bonds. The number of hydrogen-bond acceptors (Lipinski definition) is 2. The topological polar surface area (TPSA) is 21.3 Å². The fourth-order valence-corrected chi connectivity index (χ4v) is 2.08. The molecule has 0 aliphatic heterocycles. The largest absolute Gasteiger partial charge is 0.385 e. The van der Waals surface area contributed by atoms with Gasteiger partial charge in [-0.05, 0) is 31.4 Å². The van der Waals surface area contributed by atoms with Crippen molar-refractivity contribution in [3.05, 3.63) is 35.9 Å². The molecule has 0 fully saturated rings. The van der Waals surface area contributed by atoms with Crippen molar-refractivity contribution in [2.75, 3.05) is 20.8 Å². The molecule has 0 radical (unpaired) electrons. The molecule has 0 aliphatic rings. The number of methoxy groups -OCH3 is 1. The van der Waals surface area contributed by atoms with Crippen molar-refractivity contribution in [2.24, 2.45) is 0 Å². The third-order valence-corrected chi connectivity index (χ3v) is 3.16. The molecule has 2 heteroatoms. The maximum absolute atomic E-state index is 5.09. The summed E-state index contributed by atoms with van der Waals surface area (Å²) in [6.45, 7) is 3.13. The molecule has 2 nitrogen and oxygen atoms in total. The number of benzene rings is 1. The van der Waals surface area contributed by atoms with Crippen molar-refractivity contribution in [3.8, 4) is 0 Å². The highest BCUT2D eigenvalue weighted by Crippen LogP contribution is 2.21. The molecule has 1 N–H and O–H groups in total. The van der Waals surface area contributed by atoms with Crippen LogP contribution in [-0.4, -0.2) is 26.8 Å². The van der Waals surface area contributed by atoms with Gasteiger partial charge in [-0.15, -0.1) is 0 Å². The number of likely N-dealkylation sites (N-methyl/N-ethyl adjacent to an activating group) is 1. The van der Waals surface area contributed by atoms with Gasteiger partial charge in [-0.3, -0.25) is 0 Å². The monoisotopic (exact) mass is 221 g/mol. The van der Waals surface area contributed by atoms with Gasteiger partial charge in [0.15, 0.2) is 0 Å². The van der Waals surface area contributed by atoms with Crippen LogP contribution in [0.1, 0.15) is 31.2 Å². The number of ether oxygens (including phenoxy) is 1. The number of rotatable bonds is 7. The molecule has 0 spiro atoms. The first-order valence-electron chi connectivity index (χ1n) is 6.00. The van der Waals surface area contributed by atoms with E-state index in [0.717, 1.165) is 19.4 Å². The minimum atomic E-state index is 0.526. The van der Waals surface area contributed by atoms with Crippen molar-refractivity contribution >= 4 is 0 Å². The van der Waals surface area contributed by atoms with Crippen LogP contribution >= 0.6 is 0 Å². The lowest BCUT2D eigenvalue weighted by atomic mass is 9.90. The molecule has 0 aliphatic carbocycles. The van der Waals surface area contributed by atoms with E-state index in [2.05, 4.69) is 42.6 Å². The molecule has 90 valence electrons. The molecule has 16 heavy (non-hydrogen) atoms. The van der Waals surface area contributed by atoms with Crippen LogP contribution in [0.2, 0.25) is 0 Å². The van der Waals surface area contributed by atoms with Gasteiger partial charge >= 0.3 is 0 Å². The Labute approximate surface area is 99.0 Å². The first-order chi connectivity index (χ1) is 7.79. The van der Waals surface area contributed by atoms with E-state index < -0.39 is 0 Å². The summed E-state index contributed by atoms with van der Waals surface area (Å²) in [5.74, 6) is 0.544. The van der Waals surface area contributed by atoms with Crippen molar-refractivity contribution < 1.29 is 4.74 Å². The van der Waals surface area contributed by atoms with Gasteiger partial charge in [-0.1, -0.05) is 37.3 Å². The summed E-state index contributed by atoms with van der Waals surface area (Å²) in [7, 11) is 3.80. The Morgan fingerprint density at radius 3 is 2.50 bits per heavy atom. The van der Waals surface area contributed by atoms with Gasteiger partial charge < -0.3 is 10.1 Å². The summed E-state index contributed by atoms with van der Waals surface area (Å²) >= 11 is 0. The third kappa shape index (κ3) is 3.95. The Balaban J connectivity index is 2.52. The van der Waals surface area contributed by atoms with E-state index in [0.29, 0.717) is 12.0 Å². The standard InChI is InChI=1S/C14H23NO/c1-12(13-8-5-4-6-9-13)14(15-2)10-7-11-16-3/h4-6,8-9,12,14-15H,7,10-11H2,1-3H3. The van der Waals surface area contributed by atoms with E-state index in [1.54, 1.807) is 7.11 Å². The fraction of sp³-hybridized carbons (Fsp3) is 0.571. The van der Waals surface area contributed by atoms with Gasteiger partial charge in [0.05, 0.1) is 0 Å². The van der Waals surface area contributed by atoms with Crippen molar-refractivity contribution in [3.63, 3.8) is 0 Å². The van der Waals surface area contributed by atoms with Gasteiger partial charge in [0, 0.05) is 19.8 Å². The Hall–Kier alpha value is -0.860. The van der Waals surface area contributed by atoms with E-state index in [1.165, 1.54) is 5.56 Å². The Morgan fingerprint density at radius 2 is 1.94 bits per heavy atom. The van der Waals surface area contributed by atoms with Crippen LogP contribution < -0.4 is 5.32 Å². The molecule has 0 heterocycles. The second kappa shape index (κ2) is 7.42. The van der Waals surface area contributed by atoms with Gasteiger partial charge in [0.2, 0.25) is 0 Å². The van der Waals surface area contributed by atoms with Gasteiger partial charge in [0.1, 0.15) is 0 Å². The van der Waals surface area contributed by atoms with Crippen LogP contribution in [0.15, 0.2) is 30.3 Å². The zero-order valence-electron chi connectivity index (χ0n) is 10.6. The lowest BCUT2D eigenvalue weighted by Crippen LogP contribution is -2.31. The minimum absolute atomic E-state index is 0.526. The molecule has 2 unspecified atom stereocenters. The van der Waals surface area contributed by atoms with Crippen LogP contribution in [0.25, 0.3) is 0 Å². The van der Waals surface area contributed by atoms with Crippen molar-refractivity contribution in [2.45, 2.75) is 31.7 Å². The second-order valence-corrected chi connectivity index (χ2v) is 4.23. The molecular weight excluding hydrogens is 198 g/mol. The van der Waals surface area contributed by atoms with Crippen LogP contribution in [0.5, 0.6) is 0 Å². The second-order valence-electron chi connectivity index (χ2n) is 4.23. The van der Waals surface area contributed by atoms with E-state index >= 15 is 0 Å². The third-order valence-electron chi connectivity index (χ3n) is 3.16. The van der Waals surface area contributed by atoms with E-state index in [9.17, 15) is 0 Å². The fourth-order valence-electron chi connectivity index (χ4n) is 2.08. The lowest BCUT2D eigenvalue weighted by molar-refractivity contribution is 0.187. The number of hydrogen-bond donors (Lipinski definition) is 1. The summed E-state index contributed by atoms with van der Waals surface area (Å²) in [6, 6.07) is 11.2. The highest BCUT2D eigenvalue weighted by Gasteiger charge is 2.16. The summed E-state index contributed by atoms with van der Waals surface area (Å²) < 4.78 is 5.09. The average molecular weight is 221 g/mol. The predicted octanol–water partition coefficient (Wildman–Crippen LogP) is 2.80. The molecule has 0 aromatic heterocycles. The van der Waals surface area contributed by atoms with E-state index in [4.69, 9.17) is 4.74 Å². The zero-order chi connectivity index (χ0) is 11.8. The normalized spacial score (nSPS) is 14.7. The maximum Gasteiger partial charge on any atom is 0.0462 e. The highest BCUT2D eigenvalue weighted by atomic mass is 16.5. The predicted molar refractivity (Wildman–Crippen MR) is 68.8 cm³/mol. The van der Waals surface area contributed by atoms with Crippen LogP contribution in [-0.2, 0) is 4.74 Å². The first kappa shape index (κ1) is 13.2. The zero-order valence-corrected chi connectivity index (χ0v) is 10.6. The summed E-state index contributed by atoms with van der Waals surface area (Å²) in [6.07, 6.45) is 2.26. The van der Waals surface area contributed by atoms with Gasteiger partial charge in [0.25, 0.3) is 0 Å². The molecule has 0 saturated carbocycles. The summed E-state index contributed by atoms with van der Waals surface area (Å²) in [4.78, 5) is 0. The van der Waals surface area contributed by atoms with Crippen LogP contribution in [0.3, 0.4) is 0 Å². The lowest BCUT2D eigenvalue weighted by Gasteiger charge is -2.24. The molecule has 0 saturated heterocycles. The van der Waals surface area contributed by atoms with E-state index in [-0.39, 0.29) is 0 Å². The molecule has 1 aromatic rings. The first-order valence-corrected chi connectivity index (χ1v) is 6.00. The van der Waals surface area contributed by atoms with Crippen LogP contribution in [0, 0.1) is 0 Å². The molecule has 1 aromatic carbocycles. The highest BCUT2D eigenvalue weighted by molar-refractivity contribution is 5.20. The quantitative estimate of drug-likeness (QED) is 0.715. The Bertz CT molecular complexity index is 273. The smallest absolute Gasteiger partial charge is 0.0462 e. The van der Waals surface area contributed by atoms with Gasteiger partial charge in [-0.25, -0.2) is 0 Å². The number of nitrogens with one attached hydrogen (secondary N) is 1. The molecule has 2 atom stereocenters.